The highest BCUT2D eigenvalue weighted by Crippen LogP contribution is 2.53. The summed E-state index contributed by atoms with van der Waals surface area (Å²) < 4.78 is 83.7. The second-order valence-corrected chi connectivity index (χ2v) is 19.4. The summed E-state index contributed by atoms with van der Waals surface area (Å²) in [6.45, 7) is 1.79. The third-order valence-corrected chi connectivity index (χ3v) is 13.4. The number of fused-ring (bicyclic) bond motifs is 4. The SMILES string of the molecule is CC1=CC(=O)N(CCC(=O)NCCOCCOCCOCCOCCC(=O)Nc2ncnc3c2ncn3C2OC3COP(=O)(O)OC4C(COP(=O)(O)OC3C2O)OC(n2cnc3c(=O)[nH]c(N)nc32)C4O)C1=O. The van der Waals surface area contributed by atoms with Crippen molar-refractivity contribution in [1.82, 2.24) is 49.3 Å². The summed E-state index contributed by atoms with van der Waals surface area (Å²) in [5.41, 5.74) is 5.05. The van der Waals surface area contributed by atoms with Crippen LogP contribution in [0.5, 0.6) is 0 Å². The minimum atomic E-state index is -5.17. The van der Waals surface area contributed by atoms with Crippen LogP contribution in [-0.4, -0.2) is 203 Å². The average Bonchev–Trinajstić information content (AvgIpc) is 4.16. The van der Waals surface area contributed by atoms with Crippen molar-refractivity contribution in [3.63, 3.8) is 0 Å². The van der Waals surface area contributed by atoms with Gasteiger partial charge in [-0.15, -0.1) is 0 Å². The van der Waals surface area contributed by atoms with E-state index in [9.17, 15) is 53.1 Å². The van der Waals surface area contributed by atoms with E-state index in [1.807, 2.05) is 0 Å². The Morgan fingerprint density at radius 1 is 0.770 bits per heavy atom. The van der Waals surface area contributed by atoms with Gasteiger partial charge in [-0.2, -0.15) is 4.98 Å². The van der Waals surface area contributed by atoms with E-state index in [4.69, 9.17) is 52.2 Å². The van der Waals surface area contributed by atoms with Crippen molar-refractivity contribution in [2.24, 2.45) is 0 Å². The number of hydrogen-bond acceptors (Lipinski definition) is 25. The van der Waals surface area contributed by atoms with Crippen molar-refractivity contribution in [1.29, 1.82) is 0 Å². The lowest BCUT2D eigenvalue weighted by molar-refractivity contribution is -0.137. The number of nitrogens with zero attached hydrogens (tertiary/aromatic N) is 8. The molecule has 4 amide bonds. The molecule has 74 heavy (non-hydrogen) atoms. The highest BCUT2D eigenvalue weighted by molar-refractivity contribution is 7.47. The van der Waals surface area contributed by atoms with E-state index >= 15 is 0 Å². The molecule has 8 heterocycles. The number of nitrogen functional groups attached to an aromatic ring is 1. The Balaban J connectivity index is 0.745. The Morgan fingerprint density at radius 2 is 1.32 bits per heavy atom. The number of aliphatic hydroxyl groups is 2. The van der Waals surface area contributed by atoms with Crippen LogP contribution in [0.15, 0.2) is 35.4 Å². The molecule has 0 spiro atoms. The molecule has 4 aliphatic rings. The van der Waals surface area contributed by atoms with Crippen LogP contribution in [0.2, 0.25) is 0 Å². The maximum atomic E-state index is 13.4. The molecule has 404 valence electrons. The van der Waals surface area contributed by atoms with Crippen LogP contribution in [0.4, 0.5) is 11.8 Å². The Bertz CT molecular complexity index is 2880. The first-order valence-corrected chi connectivity index (χ1v) is 25.7. The second kappa shape index (κ2) is 24.0. The highest BCUT2D eigenvalue weighted by atomic mass is 31.2. The Hall–Kier alpha value is -5.58. The first-order valence-electron chi connectivity index (χ1n) is 22.7. The summed E-state index contributed by atoms with van der Waals surface area (Å²) in [6.07, 6.45) is -8.81. The van der Waals surface area contributed by atoms with E-state index < -0.39 is 101 Å². The number of H-pyrrole nitrogens is 1. The number of nitrogens with one attached hydrogen (secondary N) is 3. The molecule has 35 heteroatoms. The molecule has 0 radical (unpaired) electrons. The number of amides is 4. The molecule has 4 aromatic rings. The molecule has 10 atom stereocenters. The number of ether oxygens (including phenoxy) is 6. The molecule has 8 rings (SSSR count). The summed E-state index contributed by atoms with van der Waals surface area (Å²) in [4.78, 5) is 106. The van der Waals surface area contributed by atoms with Crippen molar-refractivity contribution in [2.45, 2.75) is 68.8 Å². The van der Waals surface area contributed by atoms with E-state index in [-0.39, 0.29) is 119 Å². The molecule has 0 aliphatic carbocycles. The van der Waals surface area contributed by atoms with Crippen molar-refractivity contribution in [2.75, 3.05) is 90.2 Å². The lowest BCUT2D eigenvalue weighted by Gasteiger charge is -2.27. The number of aromatic amines is 1. The van der Waals surface area contributed by atoms with Crippen LogP contribution in [0.25, 0.3) is 22.3 Å². The van der Waals surface area contributed by atoms with Crippen molar-refractivity contribution >= 4 is 73.4 Å². The molecule has 4 aliphatic heterocycles. The zero-order chi connectivity index (χ0) is 52.7. The largest absolute Gasteiger partial charge is 0.472 e. The normalized spacial score (nSPS) is 28.5. The van der Waals surface area contributed by atoms with Crippen molar-refractivity contribution < 1.29 is 94.8 Å². The fourth-order valence-electron chi connectivity index (χ4n) is 7.93. The van der Waals surface area contributed by atoms with Gasteiger partial charge in [0.15, 0.2) is 40.6 Å². The summed E-state index contributed by atoms with van der Waals surface area (Å²) >= 11 is 0. The summed E-state index contributed by atoms with van der Waals surface area (Å²) in [7, 11) is -10.3. The van der Waals surface area contributed by atoms with E-state index in [1.165, 1.54) is 17.0 Å². The van der Waals surface area contributed by atoms with Gasteiger partial charge in [0.05, 0.1) is 85.1 Å². The van der Waals surface area contributed by atoms with E-state index in [1.54, 1.807) is 6.92 Å². The number of carbonyl (C=O) groups excluding carboxylic acids is 4. The first kappa shape index (κ1) is 54.7. The number of phosphoric ester groups is 2. The molecule has 33 nitrogen and oxygen atoms in total. The Morgan fingerprint density at radius 3 is 1.91 bits per heavy atom. The second-order valence-electron chi connectivity index (χ2n) is 16.6. The lowest BCUT2D eigenvalue weighted by atomic mass is 10.1. The minimum absolute atomic E-state index is 0.00279. The van der Waals surface area contributed by atoms with Gasteiger partial charge in [-0.1, -0.05) is 0 Å². The van der Waals surface area contributed by atoms with Crippen LogP contribution < -0.4 is 21.9 Å². The molecular weight excluding hydrogens is 1030 g/mol. The molecule has 3 fully saturated rings. The van der Waals surface area contributed by atoms with E-state index in [2.05, 4.69) is 40.5 Å². The minimum Gasteiger partial charge on any atom is -0.386 e. The highest BCUT2D eigenvalue weighted by Gasteiger charge is 2.54. The van der Waals surface area contributed by atoms with Crippen LogP contribution in [0.1, 0.15) is 32.2 Å². The zero-order valence-corrected chi connectivity index (χ0v) is 40.9. The van der Waals surface area contributed by atoms with Gasteiger partial charge >= 0.3 is 15.6 Å². The van der Waals surface area contributed by atoms with E-state index in [0.717, 1.165) is 22.1 Å². The number of carbonyl (C=O) groups is 4. The van der Waals surface area contributed by atoms with Gasteiger partial charge in [0, 0.05) is 31.2 Å². The average molecular weight is 1090 g/mol. The Labute approximate surface area is 416 Å². The number of rotatable bonds is 21. The third kappa shape index (κ3) is 13.1. The monoisotopic (exact) mass is 1090 g/mol. The third-order valence-electron chi connectivity index (χ3n) is 11.5. The molecule has 0 bridgehead atoms. The van der Waals surface area contributed by atoms with Gasteiger partial charge in [-0.25, -0.2) is 29.1 Å². The lowest BCUT2D eigenvalue weighted by Crippen LogP contribution is -2.39. The van der Waals surface area contributed by atoms with Gasteiger partial charge in [-0.3, -0.25) is 61.1 Å². The molecule has 9 N–H and O–H groups in total. The first-order chi connectivity index (χ1) is 35.4. The summed E-state index contributed by atoms with van der Waals surface area (Å²) in [5.74, 6) is -1.95. The van der Waals surface area contributed by atoms with Crippen LogP contribution >= 0.6 is 15.6 Å². The fraction of sp³-hybridized carbons (Fsp3) is 0.590. The predicted molar refractivity (Wildman–Crippen MR) is 244 cm³/mol. The number of imide groups is 1. The molecule has 0 aromatic carbocycles. The van der Waals surface area contributed by atoms with Crippen LogP contribution in [-0.2, 0) is 74.8 Å². The van der Waals surface area contributed by atoms with Crippen LogP contribution in [0.3, 0.4) is 0 Å². The molecule has 3 saturated heterocycles. The number of aliphatic hydroxyl groups excluding tert-OH is 2. The number of anilines is 2. The fourth-order valence-corrected chi connectivity index (χ4v) is 9.85. The topological polar surface area (TPSA) is 436 Å². The zero-order valence-electron chi connectivity index (χ0n) is 39.1. The number of hydrogen-bond donors (Lipinski definition) is 8. The number of phosphoric acid groups is 2. The number of nitrogens with two attached hydrogens (primary N) is 1. The smallest absolute Gasteiger partial charge is 0.386 e. The maximum absolute atomic E-state index is 13.4. The van der Waals surface area contributed by atoms with Gasteiger partial charge < -0.3 is 64.8 Å². The Kier molecular flexibility index (Phi) is 17.7. The maximum Gasteiger partial charge on any atom is 0.472 e. The van der Waals surface area contributed by atoms with Gasteiger partial charge in [-0.05, 0) is 6.92 Å². The van der Waals surface area contributed by atoms with E-state index in [0.29, 0.717) is 5.57 Å². The molecule has 10 unspecified atom stereocenters. The summed E-state index contributed by atoms with van der Waals surface area (Å²) in [5, 5.41) is 28.0. The molecule has 4 aromatic heterocycles. The van der Waals surface area contributed by atoms with Gasteiger partial charge in [0.25, 0.3) is 17.4 Å². The number of imidazole rings is 2. The molecular formula is C39H52N12O21P2. The van der Waals surface area contributed by atoms with Crippen LogP contribution in [0, 0.1) is 0 Å². The number of aromatic nitrogens is 8. The van der Waals surface area contributed by atoms with Gasteiger partial charge in [0.1, 0.15) is 43.0 Å². The van der Waals surface area contributed by atoms with Gasteiger partial charge in [0.2, 0.25) is 17.8 Å². The van der Waals surface area contributed by atoms with Crippen molar-refractivity contribution in [3.05, 3.63) is 41.0 Å². The van der Waals surface area contributed by atoms with Crippen molar-refractivity contribution in [3.8, 4) is 0 Å². The standard InChI is InChI=1S/C39H52N12O21P2/c1-20-14-25(54)49(36(20)58)5-2-23(52)41-4-7-64-9-11-66-13-12-65-10-8-63-6-3-24(53)46-32-26-33(43-17-42-32)50(18-44-26)37-28(55)30-21(69-37)15-67-74(61,62)72-31-22(16-68-73(59,60)71-30)70-38(29(31)56)51-19-45-27-34(51)47-39(40)48-35(27)57/h14,17-19,21-22,28-31,37-38,55-56H,2-13,15-16H2,1H3,(H,41,52)(H,59,60)(H,61,62)(H3,40,47,48,57)(H,42,43,46,53). The molecule has 0 saturated carbocycles. The summed E-state index contributed by atoms with van der Waals surface area (Å²) in [6, 6.07) is 0. The quantitative estimate of drug-likeness (QED) is 0.0239. The predicted octanol–water partition coefficient (Wildman–Crippen LogP) is -2.71.